The Morgan fingerprint density at radius 3 is 3.16 bits per heavy atom. The average molecular weight is 259 g/mol. The van der Waals surface area contributed by atoms with Gasteiger partial charge in [-0.15, -0.1) is 0 Å². The minimum Gasteiger partial charge on any atom is -0.396 e. The van der Waals surface area contributed by atoms with E-state index in [4.69, 9.17) is 5.11 Å². The van der Waals surface area contributed by atoms with Gasteiger partial charge in [0.15, 0.2) is 0 Å². The third kappa shape index (κ3) is 2.46. The molecule has 1 aliphatic rings. The quantitative estimate of drug-likeness (QED) is 0.858. The monoisotopic (exact) mass is 259 g/mol. The summed E-state index contributed by atoms with van der Waals surface area (Å²) in [7, 11) is 0. The summed E-state index contributed by atoms with van der Waals surface area (Å²) in [5.74, 6) is 0.271. The lowest BCUT2D eigenvalue weighted by molar-refractivity contribution is -0.127. The second-order valence-electron chi connectivity index (χ2n) is 5.13. The standard InChI is InChI=1S/C14H17N3O2/c18-9-11-6-14(19)17(8-11)4-3-10-1-2-13-12(5-10)7-15-16-13/h1-2,5,7,11,18H,3-4,6,8-9H2,(H,15,16). The zero-order chi connectivity index (χ0) is 13.2. The molecule has 1 fully saturated rings. The summed E-state index contributed by atoms with van der Waals surface area (Å²) in [6, 6.07) is 6.17. The van der Waals surface area contributed by atoms with Crippen molar-refractivity contribution in [1.29, 1.82) is 0 Å². The zero-order valence-corrected chi connectivity index (χ0v) is 10.7. The Bertz CT molecular complexity index is 593. The van der Waals surface area contributed by atoms with Crippen LogP contribution in [0.15, 0.2) is 24.4 Å². The lowest BCUT2D eigenvalue weighted by Crippen LogP contribution is -2.27. The number of aromatic amines is 1. The van der Waals surface area contributed by atoms with Crippen molar-refractivity contribution in [2.75, 3.05) is 19.7 Å². The normalized spacial score (nSPS) is 19.5. The predicted octanol–water partition coefficient (Wildman–Crippen LogP) is 0.946. The molecule has 1 aliphatic heterocycles. The average Bonchev–Trinajstić information content (AvgIpc) is 3.02. The summed E-state index contributed by atoms with van der Waals surface area (Å²) in [5.41, 5.74) is 2.23. The molecule has 2 heterocycles. The number of aliphatic hydroxyl groups is 1. The first-order chi connectivity index (χ1) is 9.26. The summed E-state index contributed by atoms with van der Waals surface area (Å²) in [4.78, 5) is 13.6. The predicted molar refractivity (Wildman–Crippen MR) is 71.6 cm³/mol. The van der Waals surface area contributed by atoms with Crippen molar-refractivity contribution >= 4 is 16.8 Å². The molecular formula is C14H17N3O2. The summed E-state index contributed by atoms with van der Waals surface area (Å²) in [6.45, 7) is 1.51. The highest BCUT2D eigenvalue weighted by Crippen LogP contribution is 2.18. The van der Waals surface area contributed by atoms with E-state index in [2.05, 4.69) is 22.3 Å². The Hall–Kier alpha value is -1.88. The summed E-state index contributed by atoms with van der Waals surface area (Å²) >= 11 is 0. The first-order valence-corrected chi connectivity index (χ1v) is 6.57. The molecule has 5 heteroatoms. The van der Waals surface area contributed by atoms with Crippen molar-refractivity contribution in [1.82, 2.24) is 15.1 Å². The number of hydrogen-bond donors (Lipinski definition) is 2. The maximum absolute atomic E-state index is 11.7. The van der Waals surface area contributed by atoms with Gasteiger partial charge < -0.3 is 10.0 Å². The summed E-state index contributed by atoms with van der Waals surface area (Å²) < 4.78 is 0. The van der Waals surface area contributed by atoms with E-state index in [0.29, 0.717) is 13.0 Å². The van der Waals surface area contributed by atoms with E-state index in [0.717, 1.165) is 23.9 Å². The molecule has 0 saturated carbocycles. The van der Waals surface area contributed by atoms with Crippen LogP contribution in [-0.2, 0) is 11.2 Å². The Labute approximate surface area is 111 Å². The third-order valence-corrected chi connectivity index (χ3v) is 3.73. The molecule has 3 rings (SSSR count). The second-order valence-corrected chi connectivity index (χ2v) is 5.13. The van der Waals surface area contributed by atoms with Crippen LogP contribution in [0.4, 0.5) is 0 Å². The van der Waals surface area contributed by atoms with E-state index in [9.17, 15) is 4.79 Å². The van der Waals surface area contributed by atoms with Crippen molar-refractivity contribution in [3.8, 4) is 0 Å². The number of carbonyl (C=O) groups is 1. The van der Waals surface area contributed by atoms with Gasteiger partial charge in [0.1, 0.15) is 0 Å². The fraction of sp³-hybridized carbons (Fsp3) is 0.429. The fourth-order valence-electron chi connectivity index (χ4n) is 2.60. The van der Waals surface area contributed by atoms with Crippen LogP contribution in [0.25, 0.3) is 10.9 Å². The summed E-state index contributed by atoms with van der Waals surface area (Å²) in [6.07, 6.45) is 3.13. The van der Waals surface area contributed by atoms with Crippen LogP contribution in [0.3, 0.4) is 0 Å². The highest BCUT2D eigenvalue weighted by Gasteiger charge is 2.28. The molecule has 1 unspecified atom stereocenters. The van der Waals surface area contributed by atoms with E-state index in [1.54, 1.807) is 0 Å². The highest BCUT2D eigenvalue weighted by atomic mass is 16.3. The Morgan fingerprint density at radius 1 is 1.47 bits per heavy atom. The number of rotatable bonds is 4. The van der Waals surface area contributed by atoms with Crippen LogP contribution in [-0.4, -0.2) is 45.8 Å². The molecule has 1 aromatic heterocycles. The van der Waals surface area contributed by atoms with Crippen LogP contribution < -0.4 is 0 Å². The van der Waals surface area contributed by atoms with Crippen LogP contribution in [0.2, 0.25) is 0 Å². The van der Waals surface area contributed by atoms with Gasteiger partial charge in [-0.3, -0.25) is 9.89 Å². The fourth-order valence-corrected chi connectivity index (χ4v) is 2.60. The molecule has 0 aliphatic carbocycles. The van der Waals surface area contributed by atoms with Gasteiger partial charge >= 0.3 is 0 Å². The molecule has 1 atom stereocenters. The van der Waals surface area contributed by atoms with Crippen LogP contribution in [0, 0.1) is 5.92 Å². The number of nitrogens with zero attached hydrogens (tertiary/aromatic N) is 2. The largest absolute Gasteiger partial charge is 0.396 e. The SMILES string of the molecule is O=C1CC(CO)CN1CCc1ccc2[nH]ncc2c1. The minimum atomic E-state index is 0.100. The first-order valence-electron chi connectivity index (χ1n) is 6.57. The van der Waals surface area contributed by atoms with Crippen LogP contribution in [0.1, 0.15) is 12.0 Å². The van der Waals surface area contributed by atoms with Gasteiger partial charge in [-0.2, -0.15) is 5.10 Å². The van der Waals surface area contributed by atoms with Crippen molar-refractivity contribution in [2.45, 2.75) is 12.8 Å². The number of aliphatic hydroxyl groups excluding tert-OH is 1. The molecule has 0 bridgehead atoms. The molecule has 0 spiro atoms. The molecule has 1 saturated heterocycles. The molecule has 19 heavy (non-hydrogen) atoms. The van der Waals surface area contributed by atoms with Gasteiger partial charge in [-0.25, -0.2) is 0 Å². The van der Waals surface area contributed by atoms with E-state index >= 15 is 0 Å². The van der Waals surface area contributed by atoms with Gasteiger partial charge in [-0.05, 0) is 24.1 Å². The first kappa shape index (κ1) is 12.2. The zero-order valence-electron chi connectivity index (χ0n) is 10.7. The van der Waals surface area contributed by atoms with Crippen molar-refractivity contribution in [3.63, 3.8) is 0 Å². The number of nitrogens with one attached hydrogen (secondary N) is 1. The van der Waals surface area contributed by atoms with Crippen LogP contribution >= 0.6 is 0 Å². The third-order valence-electron chi connectivity index (χ3n) is 3.73. The number of aromatic nitrogens is 2. The second kappa shape index (κ2) is 5.01. The van der Waals surface area contributed by atoms with Crippen molar-refractivity contribution < 1.29 is 9.90 Å². The van der Waals surface area contributed by atoms with E-state index in [1.165, 1.54) is 5.56 Å². The maximum atomic E-state index is 11.7. The number of H-pyrrole nitrogens is 1. The van der Waals surface area contributed by atoms with Gasteiger partial charge in [0.05, 0.1) is 11.7 Å². The van der Waals surface area contributed by atoms with Gasteiger partial charge in [0, 0.05) is 37.4 Å². The molecule has 1 aromatic carbocycles. The molecule has 1 amide bonds. The number of carbonyl (C=O) groups excluding carboxylic acids is 1. The number of benzene rings is 1. The smallest absolute Gasteiger partial charge is 0.223 e. The molecule has 5 nitrogen and oxygen atoms in total. The molecular weight excluding hydrogens is 242 g/mol. The Kier molecular flexibility index (Phi) is 3.21. The van der Waals surface area contributed by atoms with Gasteiger partial charge in [0.25, 0.3) is 0 Å². The molecule has 2 aromatic rings. The Morgan fingerprint density at radius 2 is 2.37 bits per heavy atom. The van der Waals surface area contributed by atoms with E-state index < -0.39 is 0 Å². The van der Waals surface area contributed by atoms with Crippen molar-refractivity contribution in [2.24, 2.45) is 5.92 Å². The Balaban J connectivity index is 1.64. The summed E-state index contributed by atoms with van der Waals surface area (Å²) in [5, 5.41) is 17.1. The van der Waals surface area contributed by atoms with E-state index in [-0.39, 0.29) is 18.4 Å². The number of fused-ring (bicyclic) bond motifs is 1. The number of likely N-dealkylation sites (tertiary alicyclic amines) is 1. The molecule has 100 valence electrons. The lowest BCUT2D eigenvalue weighted by atomic mass is 10.1. The molecule has 0 radical (unpaired) electrons. The lowest BCUT2D eigenvalue weighted by Gasteiger charge is -2.16. The van der Waals surface area contributed by atoms with E-state index in [1.807, 2.05) is 17.2 Å². The van der Waals surface area contributed by atoms with Crippen molar-refractivity contribution in [3.05, 3.63) is 30.0 Å². The van der Waals surface area contributed by atoms with Gasteiger partial charge in [-0.1, -0.05) is 6.07 Å². The topological polar surface area (TPSA) is 69.2 Å². The number of amides is 1. The maximum Gasteiger partial charge on any atom is 0.223 e. The minimum absolute atomic E-state index is 0.100. The highest BCUT2D eigenvalue weighted by molar-refractivity contribution is 5.79. The number of hydrogen-bond acceptors (Lipinski definition) is 3. The van der Waals surface area contributed by atoms with Gasteiger partial charge in [0.2, 0.25) is 5.91 Å². The van der Waals surface area contributed by atoms with Crippen LogP contribution in [0.5, 0.6) is 0 Å². The molecule has 2 N–H and O–H groups in total.